The number of rotatable bonds is 2. The molecule has 1 spiro atoms. The molecule has 1 aromatic heterocycles. The Hall–Kier alpha value is -2.48. The largest absolute Gasteiger partial charge is 0.439 e. The summed E-state index contributed by atoms with van der Waals surface area (Å²) in [5.74, 6) is -0.710. The number of alkyl carbamates (subject to hydrolysis) is 1. The van der Waals surface area contributed by atoms with Gasteiger partial charge in [-0.15, -0.1) is 11.3 Å². The number of amides is 2. The van der Waals surface area contributed by atoms with E-state index in [4.69, 9.17) is 4.74 Å². The number of aryl methyl sites for hydroxylation is 2. The summed E-state index contributed by atoms with van der Waals surface area (Å²) in [5.41, 5.74) is 1.10. The van der Waals surface area contributed by atoms with Crippen LogP contribution in [0.1, 0.15) is 33.9 Å². The Morgan fingerprint density at radius 2 is 2.19 bits per heavy atom. The number of piperidine rings is 1. The Balaban J connectivity index is 1.62. The van der Waals surface area contributed by atoms with E-state index in [-0.39, 0.29) is 5.91 Å². The third-order valence-corrected chi connectivity index (χ3v) is 6.12. The lowest BCUT2D eigenvalue weighted by molar-refractivity contribution is -0.00504. The molecule has 0 radical (unpaired) electrons. The number of benzene rings is 1. The van der Waals surface area contributed by atoms with Gasteiger partial charge in [-0.1, -0.05) is 0 Å². The Labute approximate surface area is 160 Å². The number of halogens is 1. The van der Waals surface area contributed by atoms with Crippen molar-refractivity contribution in [3.05, 3.63) is 40.3 Å². The first kappa shape index (κ1) is 17.9. The number of likely N-dealkylation sites (tertiary alicyclic amines) is 1. The van der Waals surface area contributed by atoms with Crippen LogP contribution in [0.4, 0.5) is 9.18 Å². The molecule has 1 atom stereocenters. The van der Waals surface area contributed by atoms with E-state index in [0.29, 0.717) is 37.2 Å². The standard InChI is InChI=1S/C19H20FN3O3S/c1-11-16(27-12(2)22-11)13-6-14(8-15(20)7-13)17(24)23-5-3-4-19(10-23)9-21-18(25)26-19/h6-8H,3-5,9-10H2,1-2H3,(H,21,25). The molecular formula is C19H20FN3O3S. The van der Waals surface area contributed by atoms with Crippen molar-refractivity contribution in [2.75, 3.05) is 19.6 Å². The summed E-state index contributed by atoms with van der Waals surface area (Å²) in [4.78, 5) is 31.4. The van der Waals surface area contributed by atoms with E-state index in [1.165, 1.54) is 23.5 Å². The molecule has 0 bridgehead atoms. The average Bonchev–Trinajstić information content (AvgIpc) is 3.15. The molecule has 1 unspecified atom stereocenters. The van der Waals surface area contributed by atoms with Gasteiger partial charge in [0.1, 0.15) is 11.4 Å². The van der Waals surface area contributed by atoms with Gasteiger partial charge in [0, 0.05) is 12.1 Å². The predicted octanol–water partition coefficient (Wildman–Crippen LogP) is 3.28. The van der Waals surface area contributed by atoms with Crippen LogP contribution in [0.5, 0.6) is 0 Å². The molecule has 2 aliphatic heterocycles. The highest BCUT2D eigenvalue weighted by molar-refractivity contribution is 7.15. The summed E-state index contributed by atoms with van der Waals surface area (Å²) < 4.78 is 19.7. The summed E-state index contributed by atoms with van der Waals surface area (Å²) in [6, 6.07) is 4.40. The SMILES string of the molecule is Cc1nc(C)c(-c2cc(F)cc(C(=O)N3CCCC4(CNC(=O)O4)C3)c2)s1. The number of carbonyl (C=O) groups excluding carboxylic acids is 2. The van der Waals surface area contributed by atoms with E-state index in [2.05, 4.69) is 10.3 Å². The molecule has 1 aromatic carbocycles. The lowest BCUT2D eigenvalue weighted by Crippen LogP contribution is -2.52. The van der Waals surface area contributed by atoms with Gasteiger partial charge in [0.15, 0.2) is 0 Å². The molecule has 0 aliphatic carbocycles. The molecule has 1 N–H and O–H groups in total. The molecule has 8 heteroatoms. The van der Waals surface area contributed by atoms with Crippen LogP contribution >= 0.6 is 11.3 Å². The van der Waals surface area contributed by atoms with Crippen molar-refractivity contribution in [3.8, 4) is 10.4 Å². The highest BCUT2D eigenvalue weighted by Crippen LogP contribution is 2.32. The van der Waals surface area contributed by atoms with Crippen molar-refractivity contribution in [1.29, 1.82) is 0 Å². The molecule has 2 saturated heterocycles. The zero-order valence-corrected chi connectivity index (χ0v) is 16.0. The fourth-order valence-corrected chi connectivity index (χ4v) is 4.73. The van der Waals surface area contributed by atoms with Gasteiger partial charge in [-0.2, -0.15) is 0 Å². The highest BCUT2D eigenvalue weighted by atomic mass is 32.1. The van der Waals surface area contributed by atoms with Crippen molar-refractivity contribution in [2.24, 2.45) is 0 Å². The second-order valence-electron chi connectivity index (χ2n) is 7.13. The van der Waals surface area contributed by atoms with Crippen molar-refractivity contribution >= 4 is 23.3 Å². The van der Waals surface area contributed by atoms with Crippen LogP contribution < -0.4 is 5.32 Å². The van der Waals surface area contributed by atoms with E-state index in [1.54, 1.807) is 11.0 Å². The van der Waals surface area contributed by atoms with Gasteiger partial charge in [-0.25, -0.2) is 14.2 Å². The molecule has 2 fully saturated rings. The number of nitrogens with zero attached hydrogens (tertiary/aromatic N) is 2. The minimum absolute atomic E-state index is 0.253. The van der Waals surface area contributed by atoms with Gasteiger partial charge in [-0.3, -0.25) is 4.79 Å². The fraction of sp³-hybridized carbons (Fsp3) is 0.421. The van der Waals surface area contributed by atoms with Gasteiger partial charge < -0.3 is 15.0 Å². The molecular weight excluding hydrogens is 369 g/mol. The Kier molecular flexibility index (Phi) is 4.38. The minimum atomic E-state index is -0.674. The lowest BCUT2D eigenvalue weighted by Gasteiger charge is -2.38. The molecule has 2 amide bonds. The van der Waals surface area contributed by atoms with Crippen LogP contribution in [-0.4, -0.2) is 47.1 Å². The maximum atomic E-state index is 14.3. The van der Waals surface area contributed by atoms with Crippen LogP contribution in [0, 0.1) is 19.7 Å². The Morgan fingerprint density at radius 3 is 2.85 bits per heavy atom. The van der Waals surface area contributed by atoms with Gasteiger partial charge in [0.2, 0.25) is 0 Å². The van der Waals surface area contributed by atoms with Crippen LogP contribution in [0.3, 0.4) is 0 Å². The first-order valence-corrected chi connectivity index (χ1v) is 9.68. The van der Waals surface area contributed by atoms with E-state index in [9.17, 15) is 14.0 Å². The van der Waals surface area contributed by atoms with Crippen molar-refractivity contribution in [3.63, 3.8) is 0 Å². The number of nitrogens with one attached hydrogen (secondary N) is 1. The highest BCUT2D eigenvalue weighted by Gasteiger charge is 2.44. The second-order valence-corrected chi connectivity index (χ2v) is 8.34. The third-order valence-electron chi connectivity index (χ3n) is 5.00. The van der Waals surface area contributed by atoms with Gasteiger partial charge in [0.25, 0.3) is 5.91 Å². The second kappa shape index (κ2) is 6.60. The smallest absolute Gasteiger partial charge is 0.407 e. The van der Waals surface area contributed by atoms with Crippen molar-refractivity contribution in [2.45, 2.75) is 32.3 Å². The quantitative estimate of drug-likeness (QED) is 0.856. The Morgan fingerprint density at radius 1 is 1.37 bits per heavy atom. The maximum Gasteiger partial charge on any atom is 0.407 e. The number of ether oxygens (including phenoxy) is 1. The Bertz CT molecular complexity index is 929. The molecule has 3 heterocycles. The maximum absolute atomic E-state index is 14.3. The molecule has 27 heavy (non-hydrogen) atoms. The monoisotopic (exact) mass is 389 g/mol. The third kappa shape index (κ3) is 3.41. The zero-order valence-electron chi connectivity index (χ0n) is 15.2. The molecule has 2 aliphatic rings. The van der Waals surface area contributed by atoms with Gasteiger partial charge in [-0.05, 0) is 50.5 Å². The summed E-state index contributed by atoms with van der Waals surface area (Å²) in [7, 11) is 0. The van der Waals surface area contributed by atoms with E-state index >= 15 is 0 Å². The average molecular weight is 389 g/mol. The summed E-state index contributed by atoms with van der Waals surface area (Å²) >= 11 is 1.48. The molecule has 142 valence electrons. The normalized spacial score (nSPS) is 22.0. The number of aromatic nitrogens is 1. The number of hydrogen-bond donors (Lipinski definition) is 1. The molecule has 6 nitrogen and oxygen atoms in total. The first-order chi connectivity index (χ1) is 12.8. The number of thiazole rings is 1. The van der Waals surface area contributed by atoms with E-state index in [1.807, 2.05) is 13.8 Å². The number of hydrogen-bond acceptors (Lipinski definition) is 5. The first-order valence-electron chi connectivity index (χ1n) is 8.86. The molecule has 2 aromatic rings. The van der Waals surface area contributed by atoms with Crippen LogP contribution in [0.15, 0.2) is 18.2 Å². The van der Waals surface area contributed by atoms with Crippen molar-refractivity contribution < 1.29 is 18.7 Å². The lowest BCUT2D eigenvalue weighted by atomic mass is 9.92. The van der Waals surface area contributed by atoms with Crippen LogP contribution in [0.25, 0.3) is 10.4 Å². The van der Waals surface area contributed by atoms with Crippen LogP contribution in [-0.2, 0) is 4.74 Å². The van der Waals surface area contributed by atoms with Gasteiger partial charge in [0.05, 0.1) is 28.7 Å². The van der Waals surface area contributed by atoms with E-state index < -0.39 is 17.5 Å². The van der Waals surface area contributed by atoms with E-state index in [0.717, 1.165) is 22.0 Å². The zero-order chi connectivity index (χ0) is 19.2. The minimum Gasteiger partial charge on any atom is -0.439 e. The summed E-state index contributed by atoms with van der Waals surface area (Å²) in [6.07, 6.45) is 0.993. The molecule has 0 saturated carbocycles. The van der Waals surface area contributed by atoms with Crippen molar-refractivity contribution in [1.82, 2.24) is 15.2 Å². The molecule has 4 rings (SSSR count). The number of carbonyl (C=O) groups is 2. The summed E-state index contributed by atoms with van der Waals surface area (Å²) in [6.45, 7) is 5.04. The summed E-state index contributed by atoms with van der Waals surface area (Å²) in [5, 5.41) is 3.56. The fourth-order valence-electron chi connectivity index (χ4n) is 3.83. The topological polar surface area (TPSA) is 71.5 Å². The predicted molar refractivity (Wildman–Crippen MR) is 99.3 cm³/mol. The van der Waals surface area contributed by atoms with Crippen LogP contribution in [0.2, 0.25) is 0 Å². The van der Waals surface area contributed by atoms with Gasteiger partial charge >= 0.3 is 6.09 Å².